The maximum atomic E-state index is 12.2. The smallest absolute Gasteiger partial charge is 0.230 e. The largest absolute Gasteiger partial charge is 0.493 e. The molecule has 5 nitrogen and oxygen atoms in total. The highest BCUT2D eigenvalue weighted by atomic mass is 16.5. The zero-order valence-corrected chi connectivity index (χ0v) is 11.8. The van der Waals surface area contributed by atoms with Crippen molar-refractivity contribution in [2.24, 2.45) is 0 Å². The lowest BCUT2D eigenvalue weighted by molar-refractivity contribution is -0.115. The minimum atomic E-state index is -0.113. The van der Waals surface area contributed by atoms with E-state index in [0.29, 0.717) is 17.9 Å². The van der Waals surface area contributed by atoms with Crippen LogP contribution in [0.4, 0.5) is 5.69 Å². The van der Waals surface area contributed by atoms with Crippen molar-refractivity contribution in [3.63, 3.8) is 0 Å². The van der Waals surface area contributed by atoms with Crippen LogP contribution in [0.2, 0.25) is 0 Å². The van der Waals surface area contributed by atoms with Crippen LogP contribution in [0.1, 0.15) is 11.3 Å². The molecule has 0 saturated heterocycles. The molecule has 0 bridgehead atoms. The number of para-hydroxylation sites is 1. The van der Waals surface area contributed by atoms with Gasteiger partial charge >= 0.3 is 0 Å². The van der Waals surface area contributed by atoms with Crippen molar-refractivity contribution in [3.05, 3.63) is 53.7 Å². The highest BCUT2D eigenvalue weighted by Crippen LogP contribution is 2.28. The number of rotatable bonds is 3. The Morgan fingerprint density at radius 2 is 2.14 bits per heavy atom. The van der Waals surface area contributed by atoms with Gasteiger partial charge in [0.25, 0.3) is 0 Å². The molecule has 0 saturated carbocycles. The number of carbonyl (C=O) groups excluding carboxylic acids is 1. The first kappa shape index (κ1) is 12.9. The van der Waals surface area contributed by atoms with Gasteiger partial charge in [0.05, 0.1) is 13.0 Å². The van der Waals surface area contributed by atoms with Crippen LogP contribution in [0.5, 0.6) is 5.75 Å². The third kappa shape index (κ3) is 2.30. The molecule has 5 heteroatoms. The summed E-state index contributed by atoms with van der Waals surface area (Å²) in [6, 6.07) is 13.2. The average molecular weight is 294 g/mol. The lowest BCUT2D eigenvalue weighted by atomic mass is 10.1. The summed E-state index contributed by atoms with van der Waals surface area (Å²) in [5.74, 6) is 0.790. The Kier molecular flexibility index (Phi) is 3.04. The molecule has 1 aliphatic rings. The Bertz CT molecular complexity index is 854. The molecule has 1 aliphatic heterocycles. The fourth-order valence-electron chi connectivity index (χ4n) is 2.69. The van der Waals surface area contributed by atoms with E-state index in [0.717, 1.165) is 28.8 Å². The average Bonchev–Trinajstić information content (AvgIpc) is 3.14. The highest BCUT2D eigenvalue weighted by molar-refractivity contribution is 5.94. The van der Waals surface area contributed by atoms with Crippen LogP contribution in [0.3, 0.4) is 0 Å². The minimum Gasteiger partial charge on any atom is -0.493 e. The van der Waals surface area contributed by atoms with Gasteiger partial charge in [-0.15, -0.1) is 0 Å². The number of ether oxygens (including phenoxy) is 1. The monoisotopic (exact) mass is 294 g/mol. The zero-order valence-electron chi connectivity index (χ0n) is 11.8. The van der Waals surface area contributed by atoms with Gasteiger partial charge in [0.15, 0.2) is 5.58 Å². The fraction of sp³-hybridized carbons (Fsp3) is 0.176. The van der Waals surface area contributed by atoms with E-state index in [9.17, 15) is 4.79 Å². The molecule has 0 spiro atoms. The number of aromatic nitrogens is 1. The summed E-state index contributed by atoms with van der Waals surface area (Å²) < 4.78 is 10.7. The van der Waals surface area contributed by atoms with Gasteiger partial charge < -0.3 is 14.6 Å². The van der Waals surface area contributed by atoms with Crippen molar-refractivity contribution in [3.8, 4) is 5.75 Å². The first-order valence-corrected chi connectivity index (χ1v) is 7.18. The molecule has 1 aromatic heterocycles. The summed E-state index contributed by atoms with van der Waals surface area (Å²) in [5.41, 5.74) is 3.25. The van der Waals surface area contributed by atoms with Crippen LogP contribution >= 0.6 is 0 Å². The Morgan fingerprint density at radius 3 is 3.09 bits per heavy atom. The van der Waals surface area contributed by atoms with Gasteiger partial charge in [-0.3, -0.25) is 4.79 Å². The van der Waals surface area contributed by atoms with Crippen LogP contribution in [0, 0.1) is 0 Å². The van der Waals surface area contributed by atoms with Gasteiger partial charge in [-0.25, -0.2) is 0 Å². The standard InChI is InChI=1S/C17H14N2O3/c20-17(10-14-13-3-1-2-4-16(13)22-19-14)18-12-5-6-15-11(9-12)7-8-21-15/h1-6,9H,7-8,10H2,(H,18,20). The second kappa shape index (κ2) is 5.18. The number of hydrogen-bond donors (Lipinski definition) is 1. The highest BCUT2D eigenvalue weighted by Gasteiger charge is 2.15. The molecule has 0 radical (unpaired) electrons. The molecule has 2 aromatic carbocycles. The van der Waals surface area contributed by atoms with Crippen molar-refractivity contribution in [2.75, 3.05) is 11.9 Å². The first-order valence-electron chi connectivity index (χ1n) is 7.18. The predicted octanol–water partition coefficient (Wildman–Crippen LogP) is 2.94. The van der Waals surface area contributed by atoms with E-state index in [1.54, 1.807) is 0 Å². The SMILES string of the molecule is O=C(Cc1noc2ccccc12)Nc1ccc2c(c1)CCO2. The third-order valence-corrected chi connectivity index (χ3v) is 3.75. The van der Waals surface area contributed by atoms with Gasteiger partial charge in [0, 0.05) is 17.5 Å². The molecule has 110 valence electrons. The van der Waals surface area contributed by atoms with Gasteiger partial charge in [-0.05, 0) is 35.9 Å². The van der Waals surface area contributed by atoms with E-state index in [1.807, 2.05) is 42.5 Å². The summed E-state index contributed by atoms with van der Waals surface area (Å²) in [6.45, 7) is 0.706. The molecule has 0 atom stereocenters. The van der Waals surface area contributed by atoms with Crippen molar-refractivity contribution in [1.29, 1.82) is 0 Å². The second-order valence-electron chi connectivity index (χ2n) is 5.27. The predicted molar refractivity (Wildman–Crippen MR) is 82.0 cm³/mol. The van der Waals surface area contributed by atoms with Gasteiger partial charge in [0.1, 0.15) is 11.4 Å². The molecule has 1 amide bonds. The normalized spacial score (nSPS) is 12.9. The number of nitrogens with zero attached hydrogens (tertiary/aromatic N) is 1. The molecule has 22 heavy (non-hydrogen) atoms. The Balaban J connectivity index is 1.51. The summed E-state index contributed by atoms with van der Waals surface area (Å²) in [7, 11) is 0. The van der Waals surface area contributed by atoms with Crippen LogP contribution < -0.4 is 10.1 Å². The zero-order chi connectivity index (χ0) is 14.9. The van der Waals surface area contributed by atoms with Gasteiger partial charge in [0.2, 0.25) is 5.91 Å². The maximum Gasteiger partial charge on any atom is 0.230 e. The number of anilines is 1. The molecule has 0 fully saturated rings. The second-order valence-corrected chi connectivity index (χ2v) is 5.27. The topological polar surface area (TPSA) is 64.4 Å². The van der Waals surface area contributed by atoms with E-state index < -0.39 is 0 Å². The lowest BCUT2D eigenvalue weighted by Crippen LogP contribution is -2.14. The van der Waals surface area contributed by atoms with Crippen LogP contribution in [-0.4, -0.2) is 17.7 Å². The van der Waals surface area contributed by atoms with Gasteiger partial charge in [-0.2, -0.15) is 0 Å². The Hall–Kier alpha value is -2.82. The quantitative estimate of drug-likeness (QED) is 0.806. The van der Waals surface area contributed by atoms with Gasteiger partial charge in [-0.1, -0.05) is 17.3 Å². The molecular weight excluding hydrogens is 280 g/mol. The molecule has 1 N–H and O–H groups in total. The number of fused-ring (bicyclic) bond motifs is 2. The van der Waals surface area contributed by atoms with Crippen molar-refractivity contribution in [2.45, 2.75) is 12.8 Å². The first-order chi connectivity index (χ1) is 10.8. The minimum absolute atomic E-state index is 0.113. The number of hydrogen-bond acceptors (Lipinski definition) is 4. The number of carbonyl (C=O) groups is 1. The molecule has 4 rings (SSSR count). The van der Waals surface area contributed by atoms with Crippen LogP contribution in [0.15, 0.2) is 47.0 Å². The summed E-state index contributed by atoms with van der Waals surface area (Å²) in [6.07, 6.45) is 1.07. The van der Waals surface area contributed by atoms with E-state index in [1.165, 1.54) is 0 Å². The molecule has 0 unspecified atom stereocenters. The molecule has 0 aliphatic carbocycles. The maximum absolute atomic E-state index is 12.2. The van der Waals surface area contributed by atoms with Crippen molar-refractivity contribution in [1.82, 2.24) is 5.16 Å². The number of benzene rings is 2. The van der Waals surface area contributed by atoms with E-state index in [-0.39, 0.29) is 12.3 Å². The fourth-order valence-corrected chi connectivity index (χ4v) is 2.69. The summed E-state index contributed by atoms with van der Waals surface area (Å²) >= 11 is 0. The number of amides is 1. The van der Waals surface area contributed by atoms with Crippen molar-refractivity contribution >= 4 is 22.6 Å². The summed E-state index contributed by atoms with van der Waals surface area (Å²) in [5, 5.41) is 7.75. The van der Waals surface area contributed by atoms with E-state index in [4.69, 9.17) is 9.26 Å². The van der Waals surface area contributed by atoms with Crippen LogP contribution in [-0.2, 0) is 17.6 Å². The Morgan fingerprint density at radius 1 is 1.23 bits per heavy atom. The van der Waals surface area contributed by atoms with E-state index in [2.05, 4.69) is 10.5 Å². The van der Waals surface area contributed by atoms with Crippen molar-refractivity contribution < 1.29 is 14.1 Å². The third-order valence-electron chi connectivity index (χ3n) is 3.75. The molecule has 3 aromatic rings. The van der Waals surface area contributed by atoms with E-state index >= 15 is 0 Å². The lowest BCUT2D eigenvalue weighted by Gasteiger charge is -2.06. The Labute approximate surface area is 126 Å². The molecule has 2 heterocycles. The summed E-state index contributed by atoms with van der Waals surface area (Å²) in [4.78, 5) is 12.2. The molecular formula is C17H14N2O3. The van der Waals surface area contributed by atoms with Crippen LogP contribution in [0.25, 0.3) is 11.0 Å². The number of nitrogens with one attached hydrogen (secondary N) is 1.